The molecule has 152 valence electrons. The number of aryl methyl sites for hydroxylation is 1. The fourth-order valence-corrected chi connectivity index (χ4v) is 4.90. The van der Waals surface area contributed by atoms with Gasteiger partial charge >= 0.3 is 0 Å². The van der Waals surface area contributed by atoms with Gasteiger partial charge in [-0.3, -0.25) is 9.10 Å². The standard InChI is InChI=1S/C22H24N2O3S2/c1-4-24(16-20-8-6-14-28-20)22(25)18-7-5-9-21(15-18)29(26,27)23(3)19-12-10-17(2)11-13-19/h5-15H,4,16H2,1-3H3. The van der Waals surface area contributed by atoms with E-state index in [2.05, 4.69) is 0 Å². The number of nitrogens with zero attached hydrogens (tertiary/aromatic N) is 2. The minimum absolute atomic E-state index is 0.0959. The van der Waals surface area contributed by atoms with Gasteiger partial charge in [0.15, 0.2) is 0 Å². The molecule has 0 atom stereocenters. The summed E-state index contributed by atoms with van der Waals surface area (Å²) in [5, 5.41) is 1.97. The lowest BCUT2D eigenvalue weighted by molar-refractivity contribution is 0.0754. The monoisotopic (exact) mass is 428 g/mol. The van der Waals surface area contributed by atoms with Gasteiger partial charge in [-0.15, -0.1) is 11.3 Å². The van der Waals surface area contributed by atoms with E-state index in [1.165, 1.54) is 23.5 Å². The van der Waals surface area contributed by atoms with E-state index in [4.69, 9.17) is 0 Å². The summed E-state index contributed by atoms with van der Waals surface area (Å²) >= 11 is 1.59. The van der Waals surface area contributed by atoms with Crippen LogP contribution in [0.5, 0.6) is 0 Å². The first-order chi connectivity index (χ1) is 13.8. The number of rotatable bonds is 7. The van der Waals surface area contributed by atoms with Crippen LogP contribution in [0, 0.1) is 6.92 Å². The molecule has 1 aromatic heterocycles. The molecule has 5 nitrogen and oxygen atoms in total. The Bertz CT molecular complexity index is 1080. The van der Waals surface area contributed by atoms with E-state index >= 15 is 0 Å². The number of amides is 1. The second-order valence-electron chi connectivity index (χ2n) is 6.73. The quantitative estimate of drug-likeness (QED) is 0.555. The summed E-state index contributed by atoms with van der Waals surface area (Å²) in [4.78, 5) is 15.9. The lowest BCUT2D eigenvalue weighted by atomic mass is 10.2. The second kappa shape index (κ2) is 8.80. The molecule has 1 amide bonds. The van der Waals surface area contributed by atoms with Crippen molar-refractivity contribution in [3.8, 4) is 0 Å². The Morgan fingerprint density at radius 3 is 2.38 bits per heavy atom. The second-order valence-corrected chi connectivity index (χ2v) is 9.74. The molecule has 0 aliphatic carbocycles. The van der Waals surface area contributed by atoms with Gasteiger partial charge in [0.25, 0.3) is 15.9 Å². The van der Waals surface area contributed by atoms with Crippen LogP contribution in [0.4, 0.5) is 5.69 Å². The van der Waals surface area contributed by atoms with Gasteiger partial charge in [0, 0.05) is 24.0 Å². The molecule has 0 unspecified atom stereocenters. The molecule has 2 aromatic carbocycles. The first-order valence-electron chi connectivity index (χ1n) is 9.30. The lowest BCUT2D eigenvalue weighted by Gasteiger charge is -2.22. The summed E-state index contributed by atoms with van der Waals surface area (Å²) in [6, 6.07) is 17.4. The van der Waals surface area contributed by atoms with Crippen molar-refractivity contribution in [1.29, 1.82) is 0 Å². The molecule has 0 bridgehead atoms. The zero-order chi connectivity index (χ0) is 21.0. The molecule has 0 spiro atoms. The van der Waals surface area contributed by atoms with E-state index in [-0.39, 0.29) is 10.8 Å². The van der Waals surface area contributed by atoms with Crippen molar-refractivity contribution in [1.82, 2.24) is 4.90 Å². The Labute approximate surface area is 176 Å². The highest BCUT2D eigenvalue weighted by molar-refractivity contribution is 7.92. The molecule has 0 fully saturated rings. The van der Waals surface area contributed by atoms with Crippen molar-refractivity contribution in [2.45, 2.75) is 25.3 Å². The molecule has 7 heteroatoms. The van der Waals surface area contributed by atoms with Gasteiger partial charge in [-0.05, 0) is 55.6 Å². The van der Waals surface area contributed by atoms with Crippen LogP contribution in [0.1, 0.15) is 27.7 Å². The fourth-order valence-electron chi connectivity index (χ4n) is 2.94. The van der Waals surface area contributed by atoms with Crippen LogP contribution in [-0.4, -0.2) is 32.8 Å². The van der Waals surface area contributed by atoms with Crippen LogP contribution in [0.3, 0.4) is 0 Å². The smallest absolute Gasteiger partial charge is 0.264 e. The Hall–Kier alpha value is -2.64. The minimum Gasteiger partial charge on any atom is -0.334 e. The molecule has 0 saturated heterocycles. The normalized spacial score (nSPS) is 11.3. The number of sulfonamides is 1. The maximum atomic E-state index is 13.1. The maximum absolute atomic E-state index is 13.1. The predicted octanol–water partition coefficient (Wildman–Crippen LogP) is 4.54. The van der Waals surface area contributed by atoms with Crippen molar-refractivity contribution in [2.24, 2.45) is 0 Å². The molecule has 0 aliphatic rings. The first-order valence-corrected chi connectivity index (χ1v) is 11.6. The molecular weight excluding hydrogens is 404 g/mol. The van der Waals surface area contributed by atoms with E-state index in [1.807, 2.05) is 43.5 Å². The van der Waals surface area contributed by atoms with Crippen molar-refractivity contribution < 1.29 is 13.2 Å². The summed E-state index contributed by atoms with van der Waals surface area (Å²) in [7, 11) is -2.26. The average Bonchev–Trinajstić information content (AvgIpc) is 3.25. The summed E-state index contributed by atoms with van der Waals surface area (Å²) in [6.45, 7) is 4.91. The van der Waals surface area contributed by atoms with E-state index in [0.717, 1.165) is 10.4 Å². The first kappa shape index (κ1) is 21.1. The molecular formula is C22H24N2O3S2. The molecule has 29 heavy (non-hydrogen) atoms. The van der Waals surface area contributed by atoms with Gasteiger partial charge in [0.05, 0.1) is 17.1 Å². The van der Waals surface area contributed by atoms with Crippen molar-refractivity contribution in [3.05, 3.63) is 82.0 Å². The molecule has 3 aromatic rings. The number of benzene rings is 2. The zero-order valence-electron chi connectivity index (χ0n) is 16.7. The highest BCUT2D eigenvalue weighted by Gasteiger charge is 2.23. The fraction of sp³-hybridized carbons (Fsp3) is 0.227. The number of anilines is 1. The summed E-state index contributed by atoms with van der Waals surface area (Å²) in [5.41, 5.74) is 1.99. The maximum Gasteiger partial charge on any atom is 0.264 e. The number of carbonyl (C=O) groups excluding carboxylic acids is 1. The van der Waals surface area contributed by atoms with Crippen molar-refractivity contribution >= 4 is 33.0 Å². The van der Waals surface area contributed by atoms with Crippen LogP contribution in [0.15, 0.2) is 70.9 Å². The van der Waals surface area contributed by atoms with E-state index < -0.39 is 10.0 Å². The zero-order valence-corrected chi connectivity index (χ0v) is 18.3. The lowest BCUT2D eigenvalue weighted by Crippen LogP contribution is -2.30. The molecule has 0 aliphatic heterocycles. The van der Waals surface area contributed by atoms with Crippen LogP contribution in [-0.2, 0) is 16.6 Å². The van der Waals surface area contributed by atoms with Crippen LogP contribution in [0.25, 0.3) is 0 Å². The third kappa shape index (κ3) is 4.68. The minimum atomic E-state index is -3.78. The highest BCUT2D eigenvalue weighted by atomic mass is 32.2. The van der Waals surface area contributed by atoms with Crippen molar-refractivity contribution in [2.75, 3.05) is 17.9 Å². The summed E-state index contributed by atoms with van der Waals surface area (Å²) < 4.78 is 27.4. The van der Waals surface area contributed by atoms with E-state index in [9.17, 15) is 13.2 Å². The van der Waals surface area contributed by atoms with Crippen LogP contribution < -0.4 is 4.31 Å². The van der Waals surface area contributed by atoms with Gasteiger partial charge in [0.2, 0.25) is 0 Å². The third-order valence-electron chi connectivity index (χ3n) is 4.73. The number of carbonyl (C=O) groups is 1. The summed E-state index contributed by atoms with van der Waals surface area (Å²) in [6.07, 6.45) is 0. The summed E-state index contributed by atoms with van der Waals surface area (Å²) in [5.74, 6) is -0.184. The topological polar surface area (TPSA) is 57.7 Å². The Morgan fingerprint density at radius 1 is 1.03 bits per heavy atom. The van der Waals surface area contributed by atoms with E-state index in [1.54, 1.807) is 40.5 Å². The molecule has 1 heterocycles. The molecule has 0 N–H and O–H groups in total. The largest absolute Gasteiger partial charge is 0.334 e. The van der Waals surface area contributed by atoms with Gasteiger partial charge < -0.3 is 4.90 Å². The van der Waals surface area contributed by atoms with Gasteiger partial charge in [-0.25, -0.2) is 8.42 Å². The number of hydrogen-bond acceptors (Lipinski definition) is 4. The Balaban J connectivity index is 1.87. The van der Waals surface area contributed by atoms with Crippen LogP contribution >= 0.6 is 11.3 Å². The van der Waals surface area contributed by atoms with Crippen molar-refractivity contribution in [3.63, 3.8) is 0 Å². The van der Waals surface area contributed by atoms with Gasteiger partial charge in [0.1, 0.15) is 0 Å². The molecule has 3 rings (SSSR count). The average molecular weight is 429 g/mol. The van der Waals surface area contributed by atoms with Gasteiger partial charge in [-0.2, -0.15) is 0 Å². The van der Waals surface area contributed by atoms with Gasteiger partial charge in [-0.1, -0.05) is 29.8 Å². The Kier molecular flexibility index (Phi) is 6.39. The SMILES string of the molecule is CCN(Cc1cccs1)C(=O)c1cccc(S(=O)(=O)N(C)c2ccc(C)cc2)c1. The molecule has 0 radical (unpaired) electrons. The number of thiophene rings is 1. The Morgan fingerprint density at radius 2 is 1.76 bits per heavy atom. The van der Waals surface area contributed by atoms with E-state index in [0.29, 0.717) is 24.3 Å². The number of hydrogen-bond donors (Lipinski definition) is 0. The third-order valence-corrected chi connectivity index (χ3v) is 7.38. The van der Waals surface area contributed by atoms with Crippen LogP contribution in [0.2, 0.25) is 0 Å². The highest BCUT2D eigenvalue weighted by Crippen LogP contribution is 2.24. The molecule has 0 saturated carbocycles. The predicted molar refractivity (Wildman–Crippen MR) is 118 cm³/mol.